The van der Waals surface area contributed by atoms with Crippen LogP contribution in [0.4, 0.5) is 0 Å². The number of piperazine rings is 1. The highest BCUT2D eigenvalue weighted by Crippen LogP contribution is 2.18. The average Bonchev–Trinajstić information content (AvgIpc) is 2.46. The van der Waals surface area contributed by atoms with E-state index in [4.69, 9.17) is 5.11 Å². The van der Waals surface area contributed by atoms with Crippen molar-refractivity contribution in [3.8, 4) is 0 Å². The van der Waals surface area contributed by atoms with Crippen molar-refractivity contribution >= 4 is 11.9 Å². The first-order valence-electron chi connectivity index (χ1n) is 7.58. The molecule has 2 aliphatic rings. The van der Waals surface area contributed by atoms with Crippen LogP contribution in [0.2, 0.25) is 0 Å². The molecule has 2 N–H and O–H groups in total. The zero-order valence-electron chi connectivity index (χ0n) is 12.0. The van der Waals surface area contributed by atoms with Gasteiger partial charge in [-0.15, -0.1) is 0 Å². The molecule has 0 spiro atoms. The molecule has 2 heterocycles. The van der Waals surface area contributed by atoms with E-state index >= 15 is 0 Å². The second-order valence-corrected chi connectivity index (χ2v) is 5.78. The Bertz CT molecular complexity index is 335. The molecular weight excluding hydrogens is 258 g/mol. The van der Waals surface area contributed by atoms with E-state index in [0.717, 1.165) is 19.5 Å². The van der Waals surface area contributed by atoms with Gasteiger partial charge < -0.3 is 15.3 Å². The zero-order chi connectivity index (χ0) is 14.4. The van der Waals surface area contributed by atoms with Crippen LogP contribution in [0.1, 0.15) is 25.7 Å². The van der Waals surface area contributed by atoms with Crippen molar-refractivity contribution in [2.24, 2.45) is 5.92 Å². The van der Waals surface area contributed by atoms with Gasteiger partial charge in [-0.3, -0.25) is 14.5 Å². The number of carboxylic acids is 1. The van der Waals surface area contributed by atoms with Crippen LogP contribution < -0.4 is 5.32 Å². The number of rotatable bonds is 5. The zero-order valence-corrected chi connectivity index (χ0v) is 12.0. The maximum Gasteiger partial charge on any atom is 0.317 e. The van der Waals surface area contributed by atoms with Crippen molar-refractivity contribution in [3.05, 3.63) is 0 Å². The molecule has 0 radical (unpaired) electrons. The third-order valence-electron chi connectivity index (χ3n) is 4.31. The van der Waals surface area contributed by atoms with Crippen LogP contribution in [0.25, 0.3) is 0 Å². The quantitative estimate of drug-likeness (QED) is 0.743. The summed E-state index contributed by atoms with van der Waals surface area (Å²) in [6, 6.07) is 0. The number of carboxylic acid groups (broad SMARTS) is 1. The van der Waals surface area contributed by atoms with Crippen LogP contribution in [0.15, 0.2) is 0 Å². The number of nitrogens with zero attached hydrogens (tertiary/aromatic N) is 2. The van der Waals surface area contributed by atoms with Crippen LogP contribution in [-0.4, -0.2) is 72.6 Å². The minimum Gasteiger partial charge on any atom is -0.480 e. The molecule has 6 nitrogen and oxygen atoms in total. The molecule has 2 saturated heterocycles. The van der Waals surface area contributed by atoms with Crippen molar-refractivity contribution in [3.63, 3.8) is 0 Å². The predicted octanol–water partition coefficient (Wildman–Crippen LogP) is -0.00500. The van der Waals surface area contributed by atoms with Crippen molar-refractivity contribution < 1.29 is 14.7 Å². The Hall–Kier alpha value is -1.14. The second kappa shape index (κ2) is 7.59. The molecule has 1 amide bonds. The minimum absolute atomic E-state index is 0.0805. The lowest BCUT2D eigenvalue weighted by Crippen LogP contribution is -2.49. The third-order valence-corrected chi connectivity index (χ3v) is 4.31. The minimum atomic E-state index is -0.796. The molecule has 0 bridgehead atoms. The smallest absolute Gasteiger partial charge is 0.317 e. The van der Waals surface area contributed by atoms with E-state index in [2.05, 4.69) is 5.32 Å². The molecule has 20 heavy (non-hydrogen) atoms. The molecule has 0 aromatic carbocycles. The van der Waals surface area contributed by atoms with Crippen LogP contribution >= 0.6 is 0 Å². The van der Waals surface area contributed by atoms with Gasteiger partial charge in [-0.1, -0.05) is 0 Å². The molecule has 2 aliphatic heterocycles. The molecule has 6 heteroatoms. The predicted molar refractivity (Wildman–Crippen MR) is 75.5 cm³/mol. The average molecular weight is 283 g/mol. The van der Waals surface area contributed by atoms with Gasteiger partial charge in [-0.05, 0) is 38.3 Å². The first-order valence-corrected chi connectivity index (χ1v) is 7.58. The summed E-state index contributed by atoms with van der Waals surface area (Å²) in [7, 11) is 0. The first-order chi connectivity index (χ1) is 9.65. The van der Waals surface area contributed by atoms with Gasteiger partial charge in [-0.2, -0.15) is 0 Å². The number of piperidine rings is 1. The molecule has 0 atom stereocenters. The van der Waals surface area contributed by atoms with Crippen LogP contribution in [0.3, 0.4) is 0 Å². The summed E-state index contributed by atoms with van der Waals surface area (Å²) in [5.41, 5.74) is 0. The monoisotopic (exact) mass is 283 g/mol. The van der Waals surface area contributed by atoms with Crippen LogP contribution in [-0.2, 0) is 9.59 Å². The SMILES string of the molecule is O=C(O)CN1CCN(C(=O)CCC2CCNCC2)CC1. The van der Waals surface area contributed by atoms with Crippen molar-refractivity contribution in [1.82, 2.24) is 15.1 Å². The summed E-state index contributed by atoms with van der Waals surface area (Å²) in [5, 5.41) is 12.1. The Morgan fingerprint density at radius 2 is 1.75 bits per heavy atom. The normalized spacial score (nSPS) is 21.9. The lowest BCUT2D eigenvalue weighted by atomic mass is 9.93. The van der Waals surface area contributed by atoms with Crippen LogP contribution in [0.5, 0.6) is 0 Å². The van der Waals surface area contributed by atoms with Gasteiger partial charge in [-0.25, -0.2) is 0 Å². The Morgan fingerprint density at radius 1 is 1.10 bits per heavy atom. The van der Waals surface area contributed by atoms with E-state index in [9.17, 15) is 9.59 Å². The molecule has 114 valence electrons. The summed E-state index contributed by atoms with van der Waals surface area (Å²) in [6.07, 6.45) is 4.00. The van der Waals surface area contributed by atoms with E-state index in [1.807, 2.05) is 9.80 Å². The van der Waals surface area contributed by atoms with Gasteiger partial charge >= 0.3 is 5.97 Å². The summed E-state index contributed by atoms with van der Waals surface area (Å²) in [5.74, 6) is 0.127. The van der Waals surface area contributed by atoms with E-state index in [0.29, 0.717) is 38.5 Å². The van der Waals surface area contributed by atoms with Gasteiger partial charge in [0.05, 0.1) is 6.54 Å². The number of hydrogen-bond acceptors (Lipinski definition) is 4. The van der Waals surface area contributed by atoms with Gasteiger partial charge in [0.2, 0.25) is 5.91 Å². The summed E-state index contributed by atoms with van der Waals surface area (Å²) in [4.78, 5) is 26.6. The Labute approximate surface area is 120 Å². The number of hydrogen-bond donors (Lipinski definition) is 2. The molecule has 0 saturated carbocycles. The fourth-order valence-electron chi connectivity index (χ4n) is 3.00. The molecular formula is C14H25N3O3. The highest BCUT2D eigenvalue weighted by atomic mass is 16.4. The Morgan fingerprint density at radius 3 is 2.35 bits per heavy atom. The van der Waals surface area contributed by atoms with Gasteiger partial charge in [0.25, 0.3) is 0 Å². The Balaban J connectivity index is 1.65. The molecule has 0 aromatic rings. The van der Waals surface area contributed by atoms with Gasteiger partial charge in [0.15, 0.2) is 0 Å². The maximum atomic E-state index is 12.1. The molecule has 0 aliphatic carbocycles. The molecule has 0 unspecified atom stereocenters. The number of carbonyl (C=O) groups excluding carboxylic acids is 1. The lowest BCUT2D eigenvalue weighted by molar-refractivity contribution is -0.139. The topological polar surface area (TPSA) is 72.9 Å². The molecule has 0 aromatic heterocycles. The number of amides is 1. The fraction of sp³-hybridized carbons (Fsp3) is 0.857. The highest BCUT2D eigenvalue weighted by Gasteiger charge is 2.23. The van der Waals surface area contributed by atoms with E-state index < -0.39 is 5.97 Å². The third kappa shape index (κ3) is 4.76. The first kappa shape index (κ1) is 15.3. The Kier molecular flexibility index (Phi) is 5.79. The summed E-state index contributed by atoms with van der Waals surface area (Å²) in [6.45, 7) is 4.91. The largest absolute Gasteiger partial charge is 0.480 e. The van der Waals surface area contributed by atoms with Gasteiger partial charge in [0.1, 0.15) is 0 Å². The maximum absolute atomic E-state index is 12.1. The standard InChI is InChI=1S/C14H25N3O3/c18-13(2-1-12-3-5-15-6-4-12)17-9-7-16(8-10-17)11-14(19)20/h12,15H,1-11H2,(H,19,20). The van der Waals surface area contributed by atoms with Crippen molar-refractivity contribution in [1.29, 1.82) is 0 Å². The lowest BCUT2D eigenvalue weighted by Gasteiger charge is -2.34. The molecule has 2 fully saturated rings. The van der Waals surface area contributed by atoms with E-state index in [1.54, 1.807) is 0 Å². The van der Waals surface area contributed by atoms with Gasteiger partial charge in [0, 0.05) is 32.6 Å². The van der Waals surface area contributed by atoms with E-state index in [1.165, 1.54) is 12.8 Å². The fourth-order valence-corrected chi connectivity index (χ4v) is 3.00. The summed E-state index contributed by atoms with van der Waals surface area (Å²) >= 11 is 0. The number of carbonyl (C=O) groups is 2. The number of nitrogens with one attached hydrogen (secondary N) is 1. The highest BCUT2D eigenvalue weighted by molar-refractivity contribution is 5.76. The second-order valence-electron chi connectivity index (χ2n) is 5.78. The number of aliphatic carboxylic acids is 1. The van der Waals surface area contributed by atoms with Crippen molar-refractivity contribution in [2.45, 2.75) is 25.7 Å². The molecule has 2 rings (SSSR count). The van der Waals surface area contributed by atoms with Crippen molar-refractivity contribution in [2.75, 3.05) is 45.8 Å². The van der Waals surface area contributed by atoms with E-state index in [-0.39, 0.29) is 12.5 Å². The van der Waals surface area contributed by atoms with Crippen LogP contribution in [0, 0.1) is 5.92 Å². The summed E-state index contributed by atoms with van der Waals surface area (Å²) < 4.78 is 0.